The fraction of sp³-hybridized carbons (Fsp3) is 0.703. The van der Waals surface area contributed by atoms with Crippen LogP contribution in [0, 0.1) is 36.5 Å². The normalized spacial score (nSPS) is 26.9. The SMILES string of the molecule is Cc1c(C(=O)NS(=O)(=O)N2CCCCC2)[nH]c2ccc(CC(=O)[C@@H]3[C@H](C4CCCCC4)CCN3C(=O)C3CCC([C@H](C)CF)CC3)cc12. The van der Waals surface area contributed by atoms with Crippen LogP contribution in [0.1, 0.15) is 112 Å². The number of amides is 2. The molecule has 0 spiro atoms. The van der Waals surface area contributed by atoms with Gasteiger partial charge in [-0.05, 0) is 98.8 Å². The molecule has 1 aromatic heterocycles. The summed E-state index contributed by atoms with van der Waals surface area (Å²) in [6, 6.07) is 5.20. The lowest BCUT2D eigenvalue weighted by atomic mass is 9.74. The van der Waals surface area contributed by atoms with Crippen molar-refractivity contribution >= 4 is 38.7 Å². The van der Waals surface area contributed by atoms with Crippen LogP contribution in [0.25, 0.3) is 10.9 Å². The summed E-state index contributed by atoms with van der Waals surface area (Å²) in [5.41, 5.74) is 2.32. The first-order valence-corrected chi connectivity index (χ1v) is 19.8. The highest BCUT2D eigenvalue weighted by Crippen LogP contribution is 2.42. The number of piperidine rings is 1. The van der Waals surface area contributed by atoms with Gasteiger partial charge in [-0.2, -0.15) is 12.7 Å². The number of carbonyl (C=O) groups is 3. The number of fused-ring (bicyclic) bond motifs is 1. The zero-order valence-electron chi connectivity index (χ0n) is 28.6. The Hall–Kier alpha value is -2.79. The second-order valence-electron chi connectivity index (χ2n) is 15.1. The van der Waals surface area contributed by atoms with Crippen molar-refractivity contribution in [2.45, 2.75) is 110 Å². The fourth-order valence-electron chi connectivity index (χ4n) is 9.18. The van der Waals surface area contributed by atoms with Gasteiger partial charge in [0.05, 0.1) is 12.7 Å². The number of carbonyl (C=O) groups excluding carboxylic acids is 3. The topological polar surface area (TPSA) is 120 Å². The maximum Gasteiger partial charge on any atom is 0.304 e. The van der Waals surface area contributed by atoms with E-state index in [1.807, 2.05) is 30.0 Å². The van der Waals surface area contributed by atoms with E-state index in [1.165, 1.54) is 23.6 Å². The third-order valence-corrected chi connectivity index (χ3v) is 13.6. The highest BCUT2D eigenvalue weighted by Gasteiger charge is 2.46. The van der Waals surface area contributed by atoms with Crippen molar-refractivity contribution < 1.29 is 27.2 Å². The number of ketones is 1. The molecule has 1 aromatic carbocycles. The summed E-state index contributed by atoms with van der Waals surface area (Å²) in [7, 11) is -3.94. The molecule has 11 heteroatoms. The number of hydrogen-bond acceptors (Lipinski definition) is 5. The maximum atomic E-state index is 14.3. The number of likely N-dealkylation sites (tertiary alicyclic amines) is 1. The average Bonchev–Trinajstić information content (AvgIpc) is 3.70. The summed E-state index contributed by atoms with van der Waals surface area (Å²) in [5.74, 6) is 0.327. The average molecular weight is 685 g/mol. The summed E-state index contributed by atoms with van der Waals surface area (Å²) in [5, 5.41) is 0.767. The van der Waals surface area contributed by atoms with Gasteiger partial charge in [0.2, 0.25) is 5.91 Å². The monoisotopic (exact) mass is 684 g/mol. The van der Waals surface area contributed by atoms with Crippen LogP contribution < -0.4 is 4.72 Å². The zero-order valence-corrected chi connectivity index (χ0v) is 29.5. The molecule has 2 saturated carbocycles. The van der Waals surface area contributed by atoms with Crippen LogP contribution in [-0.2, 0) is 26.2 Å². The van der Waals surface area contributed by atoms with E-state index in [9.17, 15) is 27.2 Å². The molecule has 4 fully saturated rings. The smallest absolute Gasteiger partial charge is 0.304 e. The Kier molecular flexibility index (Phi) is 10.9. The number of alkyl halides is 1. The van der Waals surface area contributed by atoms with Crippen LogP contribution in [0.5, 0.6) is 0 Å². The second kappa shape index (κ2) is 15.0. The van der Waals surface area contributed by atoms with Crippen LogP contribution in [0.3, 0.4) is 0 Å². The molecule has 6 rings (SSSR count). The number of hydrogen-bond donors (Lipinski definition) is 2. The minimum absolute atomic E-state index is 0.0249. The summed E-state index contributed by atoms with van der Waals surface area (Å²) >= 11 is 0. The largest absolute Gasteiger partial charge is 0.350 e. The molecule has 0 unspecified atom stereocenters. The Morgan fingerprint density at radius 2 is 1.62 bits per heavy atom. The molecule has 2 N–H and O–H groups in total. The lowest BCUT2D eigenvalue weighted by Gasteiger charge is -2.37. The first-order valence-electron chi connectivity index (χ1n) is 18.4. The van der Waals surface area contributed by atoms with Crippen molar-refractivity contribution in [3.8, 4) is 0 Å². The lowest BCUT2D eigenvalue weighted by Crippen LogP contribution is -2.48. The van der Waals surface area contributed by atoms with Gasteiger partial charge < -0.3 is 9.88 Å². The van der Waals surface area contributed by atoms with Gasteiger partial charge in [-0.15, -0.1) is 0 Å². The van der Waals surface area contributed by atoms with Crippen LogP contribution in [-0.4, -0.2) is 72.6 Å². The molecule has 2 amide bonds. The number of benzene rings is 1. The summed E-state index contributed by atoms with van der Waals surface area (Å²) in [6.07, 6.45) is 12.6. The molecule has 264 valence electrons. The minimum Gasteiger partial charge on any atom is -0.350 e. The van der Waals surface area contributed by atoms with Crippen molar-refractivity contribution in [3.05, 3.63) is 35.0 Å². The number of nitrogens with one attached hydrogen (secondary N) is 2. The van der Waals surface area contributed by atoms with Crippen molar-refractivity contribution in [3.63, 3.8) is 0 Å². The Bertz CT molecular complexity index is 1590. The molecule has 48 heavy (non-hydrogen) atoms. The highest BCUT2D eigenvalue weighted by atomic mass is 32.2. The predicted octanol–water partition coefficient (Wildman–Crippen LogP) is 6.26. The molecule has 0 radical (unpaired) electrons. The number of rotatable bonds is 10. The lowest BCUT2D eigenvalue weighted by molar-refractivity contribution is -0.143. The number of aromatic amines is 1. The second-order valence-corrected chi connectivity index (χ2v) is 16.8. The maximum absolute atomic E-state index is 14.3. The van der Waals surface area contributed by atoms with Crippen molar-refractivity contribution in [1.29, 1.82) is 0 Å². The van der Waals surface area contributed by atoms with E-state index in [4.69, 9.17) is 0 Å². The first kappa shape index (κ1) is 35.1. The van der Waals surface area contributed by atoms with Gasteiger partial charge in [0.25, 0.3) is 5.91 Å². The van der Waals surface area contributed by atoms with E-state index in [2.05, 4.69) is 9.71 Å². The Morgan fingerprint density at radius 1 is 0.938 bits per heavy atom. The van der Waals surface area contributed by atoms with Crippen molar-refractivity contribution in [2.75, 3.05) is 26.3 Å². The van der Waals surface area contributed by atoms with E-state index < -0.39 is 22.2 Å². The molecule has 9 nitrogen and oxygen atoms in total. The van der Waals surface area contributed by atoms with E-state index in [1.54, 1.807) is 6.92 Å². The van der Waals surface area contributed by atoms with Gasteiger partial charge in [-0.3, -0.25) is 18.8 Å². The van der Waals surface area contributed by atoms with Crippen molar-refractivity contribution in [1.82, 2.24) is 18.9 Å². The van der Waals surface area contributed by atoms with E-state index in [0.29, 0.717) is 42.6 Å². The molecular formula is C37H53FN4O5S. The number of halogens is 1. The van der Waals surface area contributed by atoms with Gasteiger partial charge >= 0.3 is 10.2 Å². The third kappa shape index (κ3) is 7.37. The molecule has 2 aliphatic carbocycles. The van der Waals surface area contributed by atoms with Crippen LogP contribution in [0.4, 0.5) is 4.39 Å². The zero-order chi connectivity index (χ0) is 34.0. The van der Waals surface area contributed by atoms with Gasteiger partial charge in [-0.25, -0.2) is 4.72 Å². The first-order chi connectivity index (χ1) is 23.1. The Labute approximate surface area is 284 Å². The molecule has 4 aliphatic rings. The number of nitrogens with zero attached hydrogens (tertiary/aromatic N) is 2. The number of Topliss-reactive ketones (excluding diaryl/α,β-unsaturated/α-hetero) is 1. The molecule has 2 aromatic rings. The van der Waals surface area contributed by atoms with Crippen LogP contribution >= 0.6 is 0 Å². The van der Waals surface area contributed by atoms with Crippen molar-refractivity contribution in [2.24, 2.45) is 29.6 Å². The van der Waals surface area contributed by atoms with E-state index in [0.717, 1.165) is 75.2 Å². The molecule has 2 saturated heterocycles. The van der Waals surface area contributed by atoms with Gasteiger partial charge in [0.1, 0.15) is 5.69 Å². The number of H-pyrrole nitrogens is 1. The van der Waals surface area contributed by atoms with Crippen LogP contribution in [0.15, 0.2) is 18.2 Å². The molecule has 3 atom stereocenters. The Balaban J connectivity index is 1.19. The van der Waals surface area contributed by atoms with E-state index in [-0.39, 0.29) is 48.2 Å². The highest BCUT2D eigenvalue weighted by molar-refractivity contribution is 7.87. The van der Waals surface area contributed by atoms with Gasteiger partial charge in [0.15, 0.2) is 5.78 Å². The minimum atomic E-state index is -3.94. The van der Waals surface area contributed by atoms with Gasteiger partial charge in [0, 0.05) is 42.9 Å². The summed E-state index contributed by atoms with van der Waals surface area (Å²) in [6.45, 7) is 4.84. The van der Waals surface area contributed by atoms with Crippen LogP contribution in [0.2, 0.25) is 0 Å². The van der Waals surface area contributed by atoms with E-state index >= 15 is 0 Å². The Morgan fingerprint density at radius 3 is 2.31 bits per heavy atom. The summed E-state index contributed by atoms with van der Waals surface area (Å²) < 4.78 is 42.6. The predicted molar refractivity (Wildman–Crippen MR) is 184 cm³/mol. The standard InChI is InChI=1S/C37H53FN4O5S/c1-24(23-38)27-12-14-29(15-13-27)37(45)42-20-17-30(28-9-5-3-6-10-28)35(42)33(43)22-26-11-16-32-31(21-26)25(2)34(39-32)36(44)40-48(46,47)41-18-7-4-8-19-41/h11,16,21,24,27-30,35,39H,3-10,12-15,17-20,22-23H2,1-2H3,(H,40,44)/t24-,27?,29?,30+,35+/m1/s1. The molecule has 3 heterocycles. The number of aryl methyl sites for hydroxylation is 1. The molecular weight excluding hydrogens is 631 g/mol. The number of aromatic nitrogens is 1. The summed E-state index contributed by atoms with van der Waals surface area (Å²) in [4.78, 5) is 46.5. The third-order valence-electron chi connectivity index (χ3n) is 12.1. The quantitative estimate of drug-likeness (QED) is 0.306. The molecule has 2 aliphatic heterocycles. The van der Waals surface area contributed by atoms with Gasteiger partial charge in [-0.1, -0.05) is 51.5 Å². The fourth-order valence-corrected chi connectivity index (χ4v) is 10.4. The molecule has 0 bridgehead atoms.